The molecule has 0 saturated carbocycles. The van der Waals surface area contributed by atoms with Gasteiger partial charge in [0.1, 0.15) is 0 Å². The summed E-state index contributed by atoms with van der Waals surface area (Å²) in [6.45, 7) is 2.72. The van der Waals surface area contributed by atoms with Gasteiger partial charge in [-0.2, -0.15) is 18.6 Å². The molecule has 0 heterocycles. The Morgan fingerprint density at radius 1 is 1.21 bits per heavy atom. The lowest BCUT2D eigenvalue weighted by Crippen LogP contribution is -2.59. The van der Waals surface area contributed by atoms with Crippen LogP contribution in [-0.4, -0.2) is 79.2 Å². The Morgan fingerprint density at radius 2 is 1.83 bits per heavy atom. The van der Waals surface area contributed by atoms with Crippen molar-refractivity contribution in [3.63, 3.8) is 0 Å². The van der Waals surface area contributed by atoms with E-state index in [0.717, 1.165) is 5.57 Å². The Hall–Kier alpha value is -0.280. The van der Waals surface area contributed by atoms with Crippen molar-refractivity contribution in [2.75, 3.05) is 12.5 Å². The van der Waals surface area contributed by atoms with Crippen LogP contribution in [-0.2, 0) is 32.9 Å². The second kappa shape index (κ2) is 13.0. The van der Waals surface area contributed by atoms with Crippen LogP contribution in [0.1, 0.15) is 13.3 Å². The zero-order valence-corrected chi connectivity index (χ0v) is 13.8. The standard InChI is InChI=1S/C6H16B6NO10S/c1-6(2)3-4-19-12(20-5-24(17,18)23-13)11(22-9-16)10(7-14)21-8-15/h14-16H,1,3-5,13H2,2H3. The van der Waals surface area contributed by atoms with E-state index in [1.54, 1.807) is 6.92 Å². The predicted molar refractivity (Wildman–Crippen MR) is 88.9 cm³/mol. The fourth-order valence-corrected chi connectivity index (χ4v) is 1.76. The molecule has 0 atom stereocenters. The lowest BCUT2D eigenvalue weighted by Gasteiger charge is -2.24. The molecule has 0 amide bonds. The van der Waals surface area contributed by atoms with Gasteiger partial charge < -0.3 is 33.5 Å². The topological polar surface area (TPSA) is 167 Å². The molecule has 0 unspecified atom stereocenters. The van der Waals surface area contributed by atoms with Crippen molar-refractivity contribution < 1.29 is 46.2 Å². The molecule has 0 aliphatic heterocycles. The molecule has 5 N–H and O–H groups in total. The normalized spacial score (nSPS) is 10.9. The van der Waals surface area contributed by atoms with Crippen molar-refractivity contribution in [3.05, 3.63) is 12.2 Å². The fraction of sp³-hybridized carbons (Fsp3) is 0.667. The molecule has 0 aromatic rings. The molecule has 3 radical (unpaired) electrons. The maximum absolute atomic E-state index is 11.3. The highest BCUT2D eigenvalue weighted by molar-refractivity contribution is 7.86. The van der Waals surface area contributed by atoms with E-state index in [2.05, 4.69) is 21.3 Å². The summed E-state index contributed by atoms with van der Waals surface area (Å²) >= 11 is 0. The summed E-state index contributed by atoms with van der Waals surface area (Å²) in [5.41, 5.74) is 0.781. The van der Waals surface area contributed by atoms with Crippen molar-refractivity contribution in [1.29, 1.82) is 0 Å². The summed E-state index contributed by atoms with van der Waals surface area (Å²) in [4.78, 5) is 0. The van der Waals surface area contributed by atoms with Gasteiger partial charge in [-0.25, -0.2) is 0 Å². The molecule has 18 heteroatoms. The molecule has 0 bridgehead atoms. The third kappa shape index (κ3) is 9.88. The summed E-state index contributed by atoms with van der Waals surface area (Å²) in [7, 11) is -4.65. The second-order valence-corrected chi connectivity index (χ2v) is 5.99. The minimum absolute atomic E-state index is 0.0514. The molecule has 0 saturated heterocycles. The monoisotopic (exact) mass is 360 g/mol. The highest BCUT2D eigenvalue weighted by Crippen LogP contribution is 2.07. The number of hydrogen-bond acceptors (Lipinski definition) is 11. The predicted octanol–water partition coefficient (Wildman–Crippen LogP) is -4.01. The molecule has 0 rings (SSSR count). The van der Waals surface area contributed by atoms with Crippen LogP contribution in [0.25, 0.3) is 0 Å². The smallest absolute Gasteiger partial charge is 0.467 e. The van der Waals surface area contributed by atoms with Crippen LogP contribution in [0, 0.1) is 0 Å². The van der Waals surface area contributed by atoms with Crippen LogP contribution in [0.3, 0.4) is 0 Å². The summed E-state index contributed by atoms with van der Waals surface area (Å²) in [5, 5.41) is 26.7. The van der Waals surface area contributed by atoms with E-state index in [0.29, 0.717) is 13.8 Å². The van der Waals surface area contributed by atoms with Gasteiger partial charge in [-0.1, -0.05) is 5.57 Å². The van der Waals surface area contributed by atoms with E-state index in [1.807, 2.05) is 0 Å². The molecule has 0 aromatic heterocycles. The van der Waals surface area contributed by atoms with Gasteiger partial charge in [0.05, 0.1) is 0 Å². The number of hydrogen-bond donors (Lipinski definition) is 4. The quantitative estimate of drug-likeness (QED) is 0.128. The molecular formula is C6H16B6NO10S. The Morgan fingerprint density at radius 3 is 2.29 bits per heavy atom. The van der Waals surface area contributed by atoms with Crippen molar-refractivity contribution in [3.8, 4) is 0 Å². The van der Waals surface area contributed by atoms with Crippen LogP contribution in [0.15, 0.2) is 12.2 Å². The molecule has 11 nitrogen and oxygen atoms in total. The van der Waals surface area contributed by atoms with Crippen LogP contribution < -0.4 is 5.90 Å². The van der Waals surface area contributed by atoms with Crippen molar-refractivity contribution in [2.45, 2.75) is 13.3 Å². The third-order valence-corrected chi connectivity index (χ3v) is 3.23. The first kappa shape index (κ1) is 23.7. The van der Waals surface area contributed by atoms with E-state index in [1.165, 1.54) is 0 Å². The van der Waals surface area contributed by atoms with E-state index >= 15 is 0 Å². The lowest BCUT2D eigenvalue weighted by molar-refractivity contribution is 0.223. The molecule has 0 fully saturated rings. The highest BCUT2D eigenvalue weighted by Gasteiger charge is 2.46. The summed E-state index contributed by atoms with van der Waals surface area (Å²) in [6.07, 6.45) is 0.413. The lowest BCUT2D eigenvalue weighted by atomic mass is 9.02. The zero-order chi connectivity index (χ0) is 18.6. The first-order valence-corrected chi connectivity index (χ1v) is 8.07. The zero-order valence-electron chi connectivity index (χ0n) is 13.0. The van der Waals surface area contributed by atoms with Gasteiger partial charge in [0.15, 0.2) is 5.94 Å². The van der Waals surface area contributed by atoms with Crippen LogP contribution in [0.2, 0.25) is 0 Å². The Kier molecular flexibility index (Phi) is 12.8. The van der Waals surface area contributed by atoms with Crippen molar-refractivity contribution >= 4 is 53.3 Å². The average Bonchev–Trinajstić information content (AvgIpc) is 2.54. The van der Waals surface area contributed by atoms with Gasteiger partial charge in [-0.05, 0) is 13.3 Å². The summed E-state index contributed by atoms with van der Waals surface area (Å²) in [5.74, 6) is 3.59. The summed E-state index contributed by atoms with van der Waals surface area (Å²) < 4.78 is 46.1. The van der Waals surface area contributed by atoms with Crippen LogP contribution in [0.4, 0.5) is 0 Å². The summed E-state index contributed by atoms with van der Waals surface area (Å²) in [6, 6.07) is 0. The molecule has 129 valence electrons. The first-order chi connectivity index (χ1) is 11.3. The van der Waals surface area contributed by atoms with Gasteiger partial charge >= 0.3 is 39.2 Å². The SMILES string of the molecule is C=C(C)CCOB(OCS(=O)(=O)ON)B(O[B]O)B([B]O)O[B]O. The highest BCUT2D eigenvalue weighted by atomic mass is 32.2. The largest absolute Gasteiger partial charge is 0.485 e. The van der Waals surface area contributed by atoms with Crippen molar-refractivity contribution in [1.82, 2.24) is 0 Å². The van der Waals surface area contributed by atoms with Crippen molar-refractivity contribution in [2.24, 2.45) is 5.90 Å². The third-order valence-electron chi connectivity index (χ3n) is 2.51. The minimum Gasteiger partial charge on any atom is -0.485 e. The Labute approximate surface area is 144 Å². The van der Waals surface area contributed by atoms with Gasteiger partial charge in [-0.15, -0.1) is 6.58 Å². The van der Waals surface area contributed by atoms with E-state index in [9.17, 15) is 8.42 Å². The maximum Gasteiger partial charge on any atom is 0.467 e. The first-order valence-electron chi connectivity index (χ1n) is 6.50. The molecule has 0 aliphatic carbocycles. The van der Waals surface area contributed by atoms with Gasteiger partial charge in [-0.3, -0.25) is 0 Å². The van der Waals surface area contributed by atoms with Crippen LogP contribution in [0.5, 0.6) is 0 Å². The molecule has 0 aliphatic rings. The van der Waals surface area contributed by atoms with Gasteiger partial charge in [0, 0.05) is 6.61 Å². The Bertz CT molecular complexity index is 455. The van der Waals surface area contributed by atoms with Gasteiger partial charge in [0.2, 0.25) is 0 Å². The number of nitrogens with two attached hydrogens (primary N) is 1. The van der Waals surface area contributed by atoms with Crippen LogP contribution >= 0.6 is 0 Å². The van der Waals surface area contributed by atoms with E-state index in [4.69, 9.17) is 29.0 Å². The molecule has 0 aromatic carbocycles. The van der Waals surface area contributed by atoms with E-state index < -0.39 is 36.5 Å². The average molecular weight is 359 g/mol. The second-order valence-electron chi connectivity index (χ2n) is 4.45. The molecular weight excluding hydrogens is 343 g/mol. The van der Waals surface area contributed by atoms with Gasteiger partial charge in [0.25, 0.3) is 14.1 Å². The Balaban J connectivity index is 5.12. The minimum atomic E-state index is -4.19. The molecule has 24 heavy (non-hydrogen) atoms. The molecule has 0 spiro atoms. The fourth-order valence-electron chi connectivity index (χ4n) is 1.40. The number of rotatable bonds is 15. The van der Waals surface area contributed by atoms with E-state index in [-0.39, 0.29) is 22.0 Å². The maximum atomic E-state index is 11.3.